The molecule has 0 atom stereocenters. The van der Waals surface area contributed by atoms with E-state index in [9.17, 15) is 18.3 Å². The maximum absolute atomic E-state index is 14.0. The van der Waals surface area contributed by atoms with E-state index in [0.717, 1.165) is 22.8 Å². The highest BCUT2D eigenvalue weighted by atomic mass is 19.3. The molecule has 0 aliphatic carbocycles. The van der Waals surface area contributed by atoms with Gasteiger partial charge in [0, 0.05) is 67.1 Å². The van der Waals surface area contributed by atoms with Gasteiger partial charge in [-0.25, -0.2) is 28.1 Å². The van der Waals surface area contributed by atoms with Gasteiger partial charge in [0.15, 0.2) is 17.1 Å². The van der Waals surface area contributed by atoms with Gasteiger partial charge < -0.3 is 10.1 Å². The fourth-order valence-corrected chi connectivity index (χ4v) is 5.16. The third-order valence-corrected chi connectivity index (χ3v) is 7.00. The summed E-state index contributed by atoms with van der Waals surface area (Å²) >= 11 is 0. The number of hydrogen-bond donors (Lipinski definition) is 3. The number of fused-ring (bicyclic) bond motifs is 2. The quantitative estimate of drug-likeness (QED) is 0.270. The van der Waals surface area contributed by atoms with Crippen LogP contribution in [0.2, 0.25) is 0 Å². The molecule has 0 unspecified atom stereocenters. The van der Waals surface area contributed by atoms with Gasteiger partial charge in [-0.3, -0.25) is 15.0 Å². The molecule has 0 radical (unpaired) electrons. The Morgan fingerprint density at radius 1 is 0.975 bits per heavy atom. The molecular weight excluding hydrogens is 521 g/mol. The first kappa shape index (κ1) is 24.2. The number of rotatable bonds is 5. The summed E-state index contributed by atoms with van der Waals surface area (Å²) in [6, 6.07) is 9.36. The second kappa shape index (κ2) is 9.12. The third kappa shape index (κ3) is 4.41. The fourth-order valence-electron chi connectivity index (χ4n) is 5.16. The van der Waals surface area contributed by atoms with Crippen LogP contribution in [0.3, 0.4) is 0 Å². The highest BCUT2D eigenvalue weighted by Crippen LogP contribution is 2.33. The number of likely N-dealkylation sites (tertiary alicyclic amines) is 1. The highest BCUT2D eigenvalue weighted by molar-refractivity contribution is 5.96. The molecule has 1 aliphatic rings. The average molecular weight is 543 g/mol. The number of aromatic amines is 2. The molecule has 1 aromatic carbocycles. The number of imidazole rings is 1. The molecule has 6 aromatic rings. The van der Waals surface area contributed by atoms with Crippen molar-refractivity contribution in [3.63, 3.8) is 0 Å². The van der Waals surface area contributed by atoms with Crippen molar-refractivity contribution in [1.82, 2.24) is 40.0 Å². The van der Waals surface area contributed by atoms with Crippen LogP contribution in [-0.2, 0) is 6.54 Å². The summed E-state index contributed by atoms with van der Waals surface area (Å²) in [6.45, 7) is 0.482. The Labute approximate surface area is 224 Å². The Morgan fingerprint density at radius 2 is 1.85 bits per heavy atom. The number of aromatic nitrogens is 7. The van der Waals surface area contributed by atoms with Crippen LogP contribution in [0.25, 0.3) is 56.0 Å². The van der Waals surface area contributed by atoms with E-state index < -0.39 is 11.7 Å². The summed E-state index contributed by atoms with van der Waals surface area (Å²) in [4.78, 5) is 22.8. The molecule has 1 fully saturated rings. The van der Waals surface area contributed by atoms with Gasteiger partial charge in [0.1, 0.15) is 22.8 Å². The van der Waals surface area contributed by atoms with Crippen LogP contribution < -0.4 is 0 Å². The lowest BCUT2D eigenvalue weighted by molar-refractivity contribution is 0.0115. The zero-order chi connectivity index (χ0) is 27.4. The number of H-pyrrole nitrogens is 2. The van der Waals surface area contributed by atoms with E-state index in [1.165, 1.54) is 12.1 Å². The van der Waals surface area contributed by atoms with Crippen LogP contribution in [-0.4, -0.2) is 64.1 Å². The van der Waals surface area contributed by atoms with Gasteiger partial charge in [-0.2, -0.15) is 5.10 Å². The van der Waals surface area contributed by atoms with Crippen molar-refractivity contribution in [2.75, 3.05) is 13.1 Å². The maximum Gasteiger partial charge on any atom is 0.261 e. The van der Waals surface area contributed by atoms with Crippen molar-refractivity contribution in [2.24, 2.45) is 0 Å². The van der Waals surface area contributed by atoms with Crippen LogP contribution in [0.15, 0.2) is 61.2 Å². The van der Waals surface area contributed by atoms with Gasteiger partial charge in [0.25, 0.3) is 5.92 Å². The summed E-state index contributed by atoms with van der Waals surface area (Å²) in [5.74, 6) is -2.97. The van der Waals surface area contributed by atoms with Crippen molar-refractivity contribution in [3.8, 4) is 39.5 Å². The molecule has 1 saturated heterocycles. The zero-order valence-corrected chi connectivity index (χ0v) is 20.9. The Balaban J connectivity index is 1.25. The number of pyridine rings is 3. The lowest BCUT2D eigenvalue weighted by atomic mass is 10.1. The van der Waals surface area contributed by atoms with Gasteiger partial charge >= 0.3 is 0 Å². The molecule has 3 N–H and O–H groups in total. The largest absolute Gasteiger partial charge is 0.508 e. The number of halogens is 3. The summed E-state index contributed by atoms with van der Waals surface area (Å²) in [5.41, 5.74) is 5.49. The van der Waals surface area contributed by atoms with E-state index in [1.54, 1.807) is 35.8 Å². The minimum absolute atomic E-state index is 0.131. The van der Waals surface area contributed by atoms with Crippen LogP contribution in [0, 0.1) is 5.82 Å². The number of benzene rings is 1. The number of aromatic hydroxyl groups is 1. The molecule has 0 bridgehead atoms. The molecule has 7 rings (SSSR count). The SMILES string of the molecule is Oc1cc(F)cc(-c2ccnc3[nH]c(-c4n[nH]c5ncc(-c6cncc(CN7CCC(F)(F)C7)c6)cc45)nc23)c1. The molecule has 0 saturated carbocycles. The molecular formula is C28H21F3N8O. The topological polar surface area (TPSA) is 120 Å². The molecule has 5 aromatic heterocycles. The van der Waals surface area contributed by atoms with Crippen LogP contribution >= 0.6 is 0 Å². The third-order valence-electron chi connectivity index (χ3n) is 7.00. The summed E-state index contributed by atoms with van der Waals surface area (Å²) < 4.78 is 41.3. The molecule has 9 nitrogen and oxygen atoms in total. The van der Waals surface area contributed by atoms with Crippen LogP contribution in [0.5, 0.6) is 5.75 Å². The smallest absolute Gasteiger partial charge is 0.261 e. The standard InChI is InChI=1S/C28H21F3N8O/c29-19-6-16(7-20(40)9-19)21-1-3-33-26-23(21)35-27(36-26)24-22-8-18(12-34-25(22)38-37-24)17-5-15(10-32-11-17)13-39-4-2-28(30,31)14-39/h1,3,5-12,40H,2,4,13-14H2,(H,33,35,36)(H,34,37,38). The molecule has 0 amide bonds. The Kier molecular flexibility index (Phi) is 5.52. The van der Waals surface area contributed by atoms with E-state index in [4.69, 9.17) is 4.98 Å². The van der Waals surface area contributed by atoms with E-state index in [1.807, 2.05) is 12.1 Å². The summed E-state index contributed by atoms with van der Waals surface area (Å²) in [7, 11) is 0. The maximum atomic E-state index is 14.0. The van der Waals surface area contributed by atoms with Gasteiger partial charge in [-0.1, -0.05) is 0 Å². The number of nitrogens with one attached hydrogen (secondary N) is 2. The van der Waals surface area contributed by atoms with Crippen LogP contribution in [0.4, 0.5) is 13.2 Å². The number of alkyl halides is 2. The summed E-state index contributed by atoms with van der Waals surface area (Å²) in [6.07, 6.45) is 6.54. The van der Waals surface area contributed by atoms with Crippen molar-refractivity contribution in [2.45, 2.75) is 18.9 Å². The van der Waals surface area contributed by atoms with E-state index >= 15 is 0 Å². The molecule has 0 spiro atoms. The Bertz CT molecular complexity index is 1880. The normalized spacial score (nSPS) is 15.4. The van der Waals surface area contributed by atoms with E-state index in [2.05, 4.69) is 30.1 Å². The highest BCUT2D eigenvalue weighted by Gasteiger charge is 2.37. The first-order valence-electron chi connectivity index (χ1n) is 12.5. The second-order valence-electron chi connectivity index (χ2n) is 9.93. The minimum atomic E-state index is -2.65. The van der Waals surface area contributed by atoms with Crippen molar-refractivity contribution >= 4 is 22.2 Å². The first-order chi connectivity index (χ1) is 19.3. The number of hydrogen-bond acceptors (Lipinski definition) is 7. The van der Waals surface area contributed by atoms with Gasteiger partial charge in [0.05, 0.1) is 11.9 Å². The second-order valence-corrected chi connectivity index (χ2v) is 9.93. The zero-order valence-electron chi connectivity index (χ0n) is 20.9. The predicted molar refractivity (Wildman–Crippen MR) is 142 cm³/mol. The Hall–Kier alpha value is -4.84. The Morgan fingerprint density at radius 3 is 2.67 bits per heavy atom. The first-order valence-corrected chi connectivity index (χ1v) is 12.5. The van der Waals surface area contributed by atoms with Crippen molar-refractivity contribution in [3.05, 3.63) is 72.6 Å². The lowest BCUT2D eigenvalue weighted by Gasteiger charge is -2.15. The predicted octanol–water partition coefficient (Wildman–Crippen LogP) is 5.31. The minimum Gasteiger partial charge on any atom is -0.508 e. The van der Waals surface area contributed by atoms with Gasteiger partial charge in [-0.15, -0.1) is 0 Å². The molecule has 40 heavy (non-hydrogen) atoms. The molecule has 6 heterocycles. The van der Waals surface area contributed by atoms with Crippen molar-refractivity contribution in [1.29, 1.82) is 0 Å². The number of nitrogens with zero attached hydrogens (tertiary/aromatic N) is 6. The monoisotopic (exact) mass is 542 g/mol. The van der Waals surface area contributed by atoms with E-state index in [0.29, 0.717) is 57.9 Å². The molecule has 12 heteroatoms. The lowest BCUT2D eigenvalue weighted by Crippen LogP contribution is -2.24. The molecule has 200 valence electrons. The average Bonchev–Trinajstić information content (AvgIpc) is 3.63. The van der Waals surface area contributed by atoms with Gasteiger partial charge in [-0.05, 0) is 41.5 Å². The molecule has 1 aliphatic heterocycles. The van der Waals surface area contributed by atoms with E-state index in [-0.39, 0.29) is 18.7 Å². The fraction of sp³-hybridized carbons (Fsp3) is 0.179. The van der Waals surface area contributed by atoms with Gasteiger partial charge in [0.2, 0.25) is 0 Å². The number of phenolic OH excluding ortho intramolecular Hbond substituents is 1. The van der Waals surface area contributed by atoms with Crippen molar-refractivity contribution < 1.29 is 18.3 Å². The summed E-state index contributed by atoms with van der Waals surface area (Å²) in [5, 5.41) is 17.9. The van der Waals surface area contributed by atoms with Crippen LogP contribution in [0.1, 0.15) is 12.0 Å². The number of phenols is 1.